The second-order valence-corrected chi connectivity index (χ2v) is 6.77. The van der Waals surface area contributed by atoms with Gasteiger partial charge >= 0.3 is 0 Å². The van der Waals surface area contributed by atoms with Crippen LogP contribution in [0.25, 0.3) is 0 Å². The van der Waals surface area contributed by atoms with Crippen LogP contribution in [0.1, 0.15) is 50.3 Å². The number of hydrogen-bond donors (Lipinski definition) is 1. The fraction of sp³-hybridized carbons (Fsp3) is 0.857. The van der Waals surface area contributed by atoms with Crippen LogP contribution < -0.4 is 5.32 Å². The summed E-state index contributed by atoms with van der Waals surface area (Å²) >= 11 is 3.57. The Bertz CT molecular complexity index is 415. The molecule has 0 spiro atoms. The van der Waals surface area contributed by atoms with Gasteiger partial charge in [-0.25, -0.2) is 4.68 Å². The number of aromatic nitrogens is 3. The molecule has 0 bridgehead atoms. The molecule has 1 atom stereocenters. The largest absolute Gasteiger partial charge is 0.310 e. The second-order valence-electron chi connectivity index (χ2n) is 6.02. The SMILES string of the molecule is CNC(c1c(Br)nnn1C)C1(N(C)C)CCCCCC1. The zero-order valence-corrected chi connectivity index (χ0v) is 14.6. The monoisotopic (exact) mass is 343 g/mol. The highest BCUT2D eigenvalue weighted by Crippen LogP contribution is 2.42. The molecule has 5 nitrogen and oxygen atoms in total. The van der Waals surface area contributed by atoms with Gasteiger partial charge in [0.2, 0.25) is 0 Å². The van der Waals surface area contributed by atoms with Crippen LogP contribution in [0.3, 0.4) is 0 Å². The molecule has 1 aliphatic carbocycles. The Hall–Kier alpha value is -0.460. The molecular formula is C14H26BrN5. The molecule has 1 aromatic rings. The average molecular weight is 344 g/mol. The van der Waals surface area contributed by atoms with Crippen molar-refractivity contribution in [1.29, 1.82) is 0 Å². The maximum absolute atomic E-state index is 4.16. The Kier molecular flexibility index (Phi) is 5.20. The van der Waals surface area contributed by atoms with E-state index >= 15 is 0 Å². The van der Waals surface area contributed by atoms with Crippen molar-refractivity contribution in [2.24, 2.45) is 7.05 Å². The number of rotatable bonds is 4. The first-order valence-electron chi connectivity index (χ1n) is 7.42. The van der Waals surface area contributed by atoms with Crippen molar-refractivity contribution in [2.75, 3.05) is 21.1 Å². The van der Waals surface area contributed by atoms with Crippen LogP contribution in [0, 0.1) is 0 Å². The lowest BCUT2D eigenvalue weighted by atomic mass is 9.80. The number of nitrogens with zero attached hydrogens (tertiary/aromatic N) is 4. The van der Waals surface area contributed by atoms with E-state index in [4.69, 9.17) is 0 Å². The number of aryl methyl sites for hydroxylation is 1. The van der Waals surface area contributed by atoms with E-state index in [0.717, 1.165) is 10.3 Å². The molecule has 1 fully saturated rings. The van der Waals surface area contributed by atoms with Crippen LogP contribution in [0.4, 0.5) is 0 Å². The average Bonchev–Trinajstić information content (AvgIpc) is 2.65. The minimum absolute atomic E-state index is 0.128. The van der Waals surface area contributed by atoms with Crippen LogP contribution in [-0.2, 0) is 7.05 Å². The van der Waals surface area contributed by atoms with E-state index < -0.39 is 0 Å². The first-order valence-corrected chi connectivity index (χ1v) is 8.22. The molecule has 1 unspecified atom stereocenters. The van der Waals surface area contributed by atoms with Gasteiger partial charge in [0.15, 0.2) is 4.60 Å². The predicted octanol–water partition coefficient (Wildman–Crippen LogP) is 2.49. The Balaban J connectivity index is 2.44. The molecule has 2 rings (SSSR count). The van der Waals surface area contributed by atoms with Crippen molar-refractivity contribution < 1.29 is 0 Å². The summed E-state index contributed by atoms with van der Waals surface area (Å²) < 4.78 is 2.74. The van der Waals surface area contributed by atoms with Gasteiger partial charge < -0.3 is 10.2 Å². The standard InChI is InChI=1S/C14H26BrN5/c1-16-12(11-13(15)17-18-20(11)4)14(19(2)3)9-7-5-6-8-10-14/h12,16H,5-10H2,1-4H3. The van der Waals surface area contributed by atoms with Crippen LogP contribution in [-0.4, -0.2) is 46.6 Å². The summed E-state index contributed by atoms with van der Waals surface area (Å²) in [6.07, 6.45) is 7.69. The minimum atomic E-state index is 0.128. The summed E-state index contributed by atoms with van der Waals surface area (Å²) in [4.78, 5) is 2.40. The van der Waals surface area contributed by atoms with E-state index in [-0.39, 0.29) is 11.6 Å². The second kappa shape index (κ2) is 6.54. The molecule has 1 heterocycles. The summed E-state index contributed by atoms with van der Waals surface area (Å²) in [5.41, 5.74) is 1.27. The van der Waals surface area contributed by atoms with Gasteiger partial charge in [0.05, 0.1) is 11.7 Å². The van der Waals surface area contributed by atoms with E-state index in [1.165, 1.54) is 38.5 Å². The third-order valence-electron chi connectivity index (χ3n) is 4.79. The molecule has 1 saturated carbocycles. The van der Waals surface area contributed by atoms with Gasteiger partial charge in [0.1, 0.15) is 0 Å². The summed E-state index contributed by atoms with van der Waals surface area (Å²) in [6.45, 7) is 0. The van der Waals surface area contributed by atoms with Gasteiger partial charge in [-0.3, -0.25) is 0 Å². The zero-order valence-electron chi connectivity index (χ0n) is 13.0. The van der Waals surface area contributed by atoms with Gasteiger partial charge in [-0.1, -0.05) is 30.9 Å². The summed E-state index contributed by atoms with van der Waals surface area (Å²) in [5.74, 6) is 0. The van der Waals surface area contributed by atoms with Gasteiger partial charge in [-0.2, -0.15) is 0 Å². The predicted molar refractivity (Wildman–Crippen MR) is 84.6 cm³/mol. The maximum atomic E-state index is 4.16. The van der Waals surface area contributed by atoms with E-state index in [9.17, 15) is 0 Å². The fourth-order valence-electron chi connectivity index (χ4n) is 3.64. The third-order valence-corrected chi connectivity index (χ3v) is 5.35. The molecule has 1 N–H and O–H groups in total. The lowest BCUT2D eigenvalue weighted by molar-refractivity contribution is 0.0797. The van der Waals surface area contributed by atoms with Crippen molar-refractivity contribution in [1.82, 2.24) is 25.2 Å². The first-order chi connectivity index (χ1) is 9.53. The van der Waals surface area contributed by atoms with Gasteiger partial charge in [0, 0.05) is 12.6 Å². The minimum Gasteiger partial charge on any atom is -0.310 e. The summed E-state index contributed by atoms with van der Waals surface area (Å²) in [6, 6.07) is 0.227. The Morgan fingerprint density at radius 2 is 1.85 bits per heavy atom. The van der Waals surface area contributed by atoms with Crippen molar-refractivity contribution in [3.8, 4) is 0 Å². The van der Waals surface area contributed by atoms with E-state index in [0.29, 0.717) is 0 Å². The molecule has 0 radical (unpaired) electrons. The van der Waals surface area contributed by atoms with Crippen LogP contribution in [0.2, 0.25) is 0 Å². The Morgan fingerprint density at radius 3 is 2.25 bits per heavy atom. The quantitative estimate of drug-likeness (QED) is 0.853. The van der Waals surface area contributed by atoms with Crippen LogP contribution in [0.5, 0.6) is 0 Å². The van der Waals surface area contributed by atoms with Crippen LogP contribution >= 0.6 is 15.9 Å². The number of nitrogens with one attached hydrogen (secondary N) is 1. The van der Waals surface area contributed by atoms with E-state index in [2.05, 4.69) is 50.6 Å². The molecule has 0 aliphatic heterocycles. The first kappa shape index (κ1) is 15.9. The molecule has 0 amide bonds. The maximum Gasteiger partial charge on any atom is 0.153 e. The zero-order chi connectivity index (χ0) is 14.8. The molecule has 114 valence electrons. The number of halogens is 1. The molecule has 6 heteroatoms. The Morgan fingerprint density at radius 1 is 1.25 bits per heavy atom. The molecule has 1 aliphatic rings. The van der Waals surface area contributed by atoms with Gasteiger partial charge in [0.25, 0.3) is 0 Å². The highest BCUT2D eigenvalue weighted by molar-refractivity contribution is 9.10. The van der Waals surface area contributed by atoms with Crippen LogP contribution in [0.15, 0.2) is 4.60 Å². The van der Waals surface area contributed by atoms with Gasteiger partial charge in [-0.15, -0.1) is 5.10 Å². The smallest absolute Gasteiger partial charge is 0.153 e. The fourth-order valence-corrected chi connectivity index (χ4v) is 4.20. The number of hydrogen-bond acceptors (Lipinski definition) is 4. The molecule has 20 heavy (non-hydrogen) atoms. The summed E-state index contributed by atoms with van der Waals surface area (Å²) in [5, 5.41) is 11.9. The van der Waals surface area contributed by atoms with Crippen molar-refractivity contribution in [3.63, 3.8) is 0 Å². The normalized spacial score (nSPS) is 20.9. The van der Waals surface area contributed by atoms with Gasteiger partial charge in [-0.05, 0) is 49.9 Å². The van der Waals surface area contributed by atoms with Crippen molar-refractivity contribution >= 4 is 15.9 Å². The number of likely N-dealkylation sites (N-methyl/N-ethyl adjacent to an activating group) is 2. The molecular weight excluding hydrogens is 318 g/mol. The highest BCUT2D eigenvalue weighted by atomic mass is 79.9. The third kappa shape index (κ3) is 2.78. The van der Waals surface area contributed by atoms with Crippen molar-refractivity contribution in [3.05, 3.63) is 10.3 Å². The van der Waals surface area contributed by atoms with E-state index in [1.54, 1.807) is 0 Å². The Labute approximate surface area is 130 Å². The summed E-state index contributed by atoms with van der Waals surface area (Å²) in [7, 11) is 8.42. The lowest BCUT2D eigenvalue weighted by Crippen LogP contribution is -2.53. The van der Waals surface area contributed by atoms with E-state index in [1.807, 2.05) is 18.8 Å². The molecule has 0 saturated heterocycles. The van der Waals surface area contributed by atoms with Crippen molar-refractivity contribution in [2.45, 2.75) is 50.1 Å². The highest BCUT2D eigenvalue weighted by Gasteiger charge is 2.43. The topological polar surface area (TPSA) is 46.0 Å². The molecule has 0 aromatic carbocycles. The molecule has 1 aromatic heterocycles. The lowest BCUT2D eigenvalue weighted by Gasteiger charge is -2.45.